The molecule has 0 aliphatic rings. The van der Waals surface area contributed by atoms with E-state index in [4.69, 9.17) is 5.26 Å². The smallest absolute Gasteiger partial charge is 0.0992 e. The van der Waals surface area contributed by atoms with Crippen LogP contribution in [0.3, 0.4) is 0 Å². The third-order valence-corrected chi connectivity index (χ3v) is 2.91. The van der Waals surface area contributed by atoms with Crippen LogP contribution in [-0.4, -0.2) is 16.7 Å². The number of hydrogen-bond donors (Lipinski definition) is 1. The van der Waals surface area contributed by atoms with Gasteiger partial charge in [-0.15, -0.1) is 0 Å². The number of nitrogens with zero attached hydrogens (tertiary/aromatic N) is 2. The summed E-state index contributed by atoms with van der Waals surface area (Å²) in [6, 6.07) is 10.1. The number of nitriles is 1. The number of hydrogen-bond acceptors (Lipinski definition) is 2. The minimum Gasteiger partial charge on any atom is -0.346 e. The van der Waals surface area contributed by atoms with Gasteiger partial charge in [0.2, 0.25) is 0 Å². The Hall–Kier alpha value is -1.79. The molecule has 1 aromatic carbocycles. The number of nitrogens with one attached hydrogen (secondary N) is 1. The molecule has 18 heavy (non-hydrogen) atoms. The Kier molecular flexibility index (Phi) is 3.40. The molecule has 0 amide bonds. The number of aromatic nitrogens is 1. The van der Waals surface area contributed by atoms with E-state index in [0.29, 0.717) is 5.56 Å². The normalized spacial score (nSPS) is 11.7. The van der Waals surface area contributed by atoms with Gasteiger partial charge >= 0.3 is 0 Å². The second-order valence-corrected chi connectivity index (χ2v) is 5.57. The van der Waals surface area contributed by atoms with Gasteiger partial charge in [-0.05, 0) is 44.4 Å². The van der Waals surface area contributed by atoms with Crippen LogP contribution < -0.4 is 5.32 Å². The van der Waals surface area contributed by atoms with Crippen LogP contribution in [0.15, 0.2) is 30.5 Å². The lowest BCUT2D eigenvalue weighted by Gasteiger charge is -2.20. The molecule has 0 unspecified atom stereocenters. The fourth-order valence-electron chi connectivity index (χ4n) is 2.00. The Morgan fingerprint density at radius 2 is 2.06 bits per heavy atom. The molecule has 0 saturated carbocycles. The highest BCUT2D eigenvalue weighted by Gasteiger charge is 2.08. The van der Waals surface area contributed by atoms with Crippen molar-refractivity contribution in [3.05, 3.63) is 36.0 Å². The molecule has 1 heterocycles. The first-order valence-electron chi connectivity index (χ1n) is 6.24. The van der Waals surface area contributed by atoms with E-state index >= 15 is 0 Å². The molecule has 0 radical (unpaired) electrons. The first-order chi connectivity index (χ1) is 8.49. The average Bonchev–Trinajstić information content (AvgIpc) is 2.70. The fraction of sp³-hybridized carbons (Fsp3) is 0.400. The molecule has 0 aliphatic carbocycles. The average molecular weight is 241 g/mol. The van der Waals surface area contributed by atoms with Gasteiger partial charge in [0, 0.05) is 30.3 Å². The van der Waals surface area contributed by atoms with Crippen molar-refractivity contribution in [1.82, 2.24) is 9.88 Å². The lowest BCUT2D eigenvalue weighted by Crippen LogP contribution is -2.37. The van der Waals surface area contributed by atoms with Crippen molar-refractivity contribution in [2.45, 2.75) is 32.9 Å². The molecule has 1 aromatic heterocycles. The third kappa shape index (κ3) is 2.91. The molecular formula is C15H19N3. The zero-order valence-electron chi connectivity index (χ0n) is 11.2. The predicted molar refractivity (Wildman–Crippen MR) is 74.4 cm³/mol. The summed E-state index contributed by atoms with van der Waals surface area (Å²) in [5, 5.41) is 13.6. The molecule has 0 aliphatic heterocycles. The van der Waals surface area contributed by atoms with Gasteiger partial charge in [-0.2, -0.15) is 5.26 Å². The van der Waals surface area contributed by atoms with Gasteiger partial charge in [-0.1, -0.05) is 6.07 Å². The summed E-state index contributed by atoms with van der Waals surface area (Å²) in [5.41, 5.74) is 1.98. The molecule has 0 atom stereocenters. The van der Waals surface area contributed by atoms with Crippen LogP contribution in [-0.2, 0) is 6.54 Å². The quantitative estimate of drug-likeness (QED) is 0.897. The first-order valence-corrected chi connectivity index (χ1v) is 6.24. The van der Waals surface area contributed by atoms with Crippen LogP contribution in [0, 0.1) is 11.3 Å². The van der Waals surface area contributed by atoms with Crippen molar-refractivity contribution in [2.24, 2.45) is 0 Å². The first kappa shape index (κ1) is 12.7. The van der Waals surface area contributed by atoms with Crippen LogP contribution in [0.1, 0.15) is 26.3 Å². The monoisotopic (exact) mass is 241 g/mol. The molecule has 2 aromatic rings. The second kappa shape index (κ2) is 4.83. The van der Waals surface area contributed by atoms with Crippen LogP contribution in [0.5, 0.6) is 0 Å². The van der Waals surface area contributed by atoms with Gasteiger partial charge in [-0.3, -0.25) is 0 Å². The standard InChI is InChI=1S/C15H19N3/c1-15(2,3)17-7-9-18-8-6-13-5-4-12(11-16)10-14(13)18/h4-6,8,10,17H,7,9H2,1-3H3. The van der Waals surface area contributed by atoms with E-state index in [9.17, 15) is 0 Å². The predicted octanol–water partition coefficient (Wildman–Crippen LogP) is 2.90. The number of fused-ring (bicyclic) bond motifs is 1. The lowest BCUT2D eigenvalue weighted by molar-refractivity contribution is 0.414. The van der Waals surface area contributed by atoms with Crippen LogP contribution in [0.2, 0.25) is 0 Å². The highest BCUT2D eigenvalue weighted by Crippen LogP contribution is 2.17. The highest BCUT2D eigenvalue weighted by atomic mass is 15.0. The molecular weight excluding hydrogens is 222 g/mol. The number of rotatable bonds is 3. The Balaban J connectivity index is 2.16. The summed E-state index contributed by atoms with van der Waals surface area (Å²) < 4.78 is 2.19. The van der Waals surface area contributed by atoms with Crippen LogP contribution in [0.4, 0.5) is 0 Å². The van der Waals surface area contributed by atoms with Gasteiger partial charge in [0.05, 0.1) is 11.6 Å². The molecule has 3 nitrogen and oxygen atoms in total. The summed E-state index contributed by atoms with van der Waals surface area (Å²) in [6.07, 6.45) is 2.08. The third-order valence-electron chi connectivity index (χ3n) is 2.91. The van der Waals surface area contributed by atoms with Gasteiger partial charge in [-0.25, -0.2) is 0 Å². The summed E-state index contributed by atoms with van der Waals surface area (Å²) in [6.45, 7) is 8.32. The topological polar surface area (TPSA) is 40.8 Å². The Bertz CT molecular complexity index is 582. The highest BCUT2D eigenvalue weighted by molar-refractivity contribution is 5.81. The van der Waals surface area contributed by atoms with Crippen molar-refractivity contribution in [3.63, 3.8) is 0 Å². The van der Waals surface area contributed by atoms with E-state index < -0.39 is 0 Å². The summed E-state index contributed by atoms with van der Waals surface area (Å²) in [5.74, 6) is 0. The minimum absolute atomic E-state index is 0.140. The molecule has 0 fully saturated rings. The Labute approximate surface area is 108 Å². The van der Waals surface area contributed by atoms with Crippen molar-refractivity contribution in [1.29, 1.82) is 5.26 Å². The van der Waals surface area contributed by atoms with E-state index in [1.54, 1.807) is 0 Å². The lowest BCUT2D eigenvalue weighted by atomic mass is 10.1. The molecule has 2 rings (SSSR count). The Morgan fingerprint density at radius 1 is 1.28 bits per heavy atom. The SMILES string of the molecule is CC(C)(C)NCCn1ccc2ccc(C#N)cc21. The molecule has 94 valence electrons. The van der Waals surface area contributed by atoms with Crippen molar-refractivity contribution >= 4 is 10.9 Å². The van der Waals surface area contributed by atoms with E-state index in [2.05, 4.69) is 49.0 Å². The minimum atomic E-state index is 0.140. The van der Waals surface area contributed by atoms with Crippen molar-refractivity contribution in [3.8, 4) is 6.07 Å². The summed E-state index contributed by atoms with van der Waals surface area (Å²) >= 11 is 0. The van der Waals surface area contributed by atoms with E-state index in [0.717, 1.165) is 18.6 Å². The molecule has 1 N–H and O–H groups in total. The molecule has 0 bridgehead atoms. The van der Waals surface area contributed by atoms with Crippen LogP contribution >= 0.6 is 0 Å². The van der Waals surface area contributed by atoms with Crippen molar-refractivity contribution < 1.29 is 0 Å². The van der Waals surface area contributed by atoms with Gasteiger partial charge in [0.25, 0.3) is 0 Å². The fourth-order valence-corrected chi connectivity index (χ4v) is 2.00. The van der Waals surface area contributed by atoms with E-state index in [1.807, 2.05) is 18.2 Å². The second-order valence-electron chi connectivity index (χ2n) is 5.57. The van der Waals surface area contributed by atoms with E-state index in [-0.39, 0.29) is 5.54 Å². The van der Waals surface area contributed by atoms with Crippen molar-refractivity contribution in [2.75, 3.05) is 6.54 Å². The maximum absolute atomic E-state index is 8.94. The number of benzene rings is 1. The zero-order chi connectivity index (χ0) is 13.2. The summed E-state index contributed by atoms with van der Waals surface area (Å²) in [4.78, 5) is 0. The summed E-state index contributed by atoms with van der Waals surface area (Å²) in [7, 11) is 0. The molecule has 0 saturated heterocycles. The molecule has 3 heteroatoms. The van der Waals surface area contributed by atoms with Crippen LogP contribution in [0.25, 0.3) is 10.9 Å². The van der Waals surface area contributed by atoms with Gasteiger partial charge in [0.1, 0.15) is 0 Å². The van der Waals surface area contributed by atoms with E-state index in [1.165, 1.54) is 5.39 Å². The van der Waals surface area contributed by atoms with Gasteiger partial charge in [0.15, 0.2) is 0 Å². The maximum Gasteiger partial charge on any atom is 0.0992 e. The maximum atomic E-state index is 8.94. The Morgan fingerprint density at radius 3 is 2.72 bits per heavy atom. The molecule has 0 spiro atoms. The zero-order valence-corrected chi connectivity index (χ0v) is 11.2. The largest absolute Gasteiger partial charge is 0.346 e. The van der Waals surface area contributed by atoms with Gasteiger partial charge < -0.3 is 9.88 Å².